The molecule has 104 valence electrons. The zero-order chi connectivity index (χ0) is 14.5. The minimum atomic E-state index is -0.938. The van der Waals surface area contributed by atoms with E-state index in [0.29, 0.717) is 5.56 Å². The third-order valence-corrected chi connectivity index (χ3v) is 2.72. The minimum Gasteiger partial charge on any atom is -0.388 e. The van der Waals surface area contributed by atoms with E-state index in [4.69, 9.17) is 0 Å². The van der Waals surface area contributed by atoms with Crippen LogP contribution in [-0.4, -0.2) is 17.9 Å². The zero-order valence-electron chi connectivity index (χ0n) is 10.8. The molecule has 6 heteroatoms. The third kappa shape index (κ3) is 3.28. The first-order valence-electron chi connectivity index (χ1n) is 5.96. The number of carbonyl (C=O) groups excluding carboxylic acids is 1. The maximum Gasteiger partial charge on any atom is 0.270 e. The highest BCUT2D eigenvalue weighted by molar-refractivity contribution is 5.93. The number of halogens is 2. The molecule has 2 aromatic rings. The summed E-state index contributed by atoms with van der Waals surface area (Å²) in [6.07, 6.45) is 1.51. The Labute approximate surface area is 114 Å². The van der Waals surface area contributed by atoms with Crippen molar-refractivity contribution in [2.75, 3.05) is 12.4 Å². The maximum atomic E-state index is 13.0. The number of rotatable bonds is 4. The average molecular weight is 277 g/mol. The molecule has 0 atom stereocenters. The van der Waals surface area contributed by atoms with Crippen molar-refractivity contribution in [1.29, 1.82) is 0 Å². The van der Waals surface area contributed by atoms with Gasteiger partial charge >= 0.3 is 0 Å². The van der Waals surface area contributed by atoms with E-state index in [1.807, 2.05) is 0 Å². The van der Waals surface area contributed by atoms with Crippen LogP contribution in [0.5, 0.6) is 0 Å². The van der Waals surface area contributed by atoms with Crippen LogP contribution in [0.4, 0.5) is 14.5 Å². The van der Waals surface area contributed by atoms with Crippen LogP contribution in [0.2, 0.25) is 0 Å². The van der Waals surface area contributed by atoms with E-state index in [-0.39, 0.29) is 18.1 Å². The van der Waals surface area contributed by atoms with E-state index in [2.05, 4.69) is 15.6 Å². The van der Waals surface area contributed by atoms with Gasteiger partial charge in [0.05, 0.1) is 0 Å². The van der Waals surface area contributed by atoms with Crippen molar-refractivity contribution < 1.29 is 13.6 Å². The first-order valence-corrected chi connectivity index (χ1v) is 5.96. The molecule has 20 heavy (non-hydrogen) atoms. The van der Waals surface area contributed by atoms with Gasteiger partial charge in [0.1, 0.15) is 5.69 Å². The molecule has 1 aromatic carbocycles. The highest BCUT2D eigenvalue weighted by Gasteiger charge is 2.08. The Morgan fingerprint density at radius 1 is 1.20 bits per heavy atom. The average Bonchev–Trinajstić information content (AvgIpc) is 2.48. The number of amides is 1. The minimum absolute atomic E-state index is 0.0987. The molecule has 4 nitrogen and oxygen atoms in total. The lowest BCUT2D eigenvalue weighted by atomic mass is 10.2. The Kier molecular flexibility index (Phi) is 4.24. The Morgan fingerprint density at radius 3 is 2.70 bits per heavy atom. The number of carbonyl (C=O) groups is 1. The molecule has 0 unspecified atom stereocenters. The highest BCUT2D eigenvalue weighted by Crippen LogP contribution is 2.09. The van der Waals surface area contributed by atoms with Crippen LogP contribution in [0, 0.1) is 11.6 Å². The number of benzene rings is 1. The van der Waals surface area contributed by atoms with Gasteiger partial charge in [-0.25, -0.2) is 8.78 Å². The number of hydrogen-bond acceptors (Lipinski definition) is 3. The van der Waals surface area contributed by atoms with Crippen molar-refractivity contribution in [3.05, 3.63) is 59.4 Å². The second-order valence-corrected chi connectivity index (χ2v) is 4.11. The third-order valence-electron chi connectivity index (χ3n) is 2.72. The summed E-state index contributed by atoms with van der Waals surface area (Å²) in [5.41, 5.74) is 1.49. The van der Waals surface area contributed by atoms with E-state index >= 15 is 0 Å². The summed E-state index contributed by atoms with van der Waals surface area (Å²) in [6.45, 7) is 0.0987. The molecule has 0 saturated carbocycles. The number of anilines is 1. The summed E-state index contributed by atoms with van der Waals surface area (Å²) in [4.78, 5) is 15.8. The second kappa shape index (κ2) is 6.10. The number of nitrogens with one attached hydrogen (secondary N) is 2. The molecule has 2 N–H and O–H groups in total. The number of hydrogen-bond donors (Lipinski definition) is 2. The Hall–Kier alpha value is -2.50. The Balaban J connectivity index is 2.02. The largest absolute Gasteiger partial charge is 0.388 e. The van der Waals surface area contributed by atoms with Crippen molar-refractivity contribution in [3.63, 3.8) is 0 Å². The fourth-order valence-corrected chi connectivity index (χ4v) is 1.63. The van der Waals surface area contributed by atoms with E-state index in [1.165, 1.54) is 12.3 Å². The van der Waals surface area contributed by atoms with Gasteiger partial charge in [0.25, 0.3) is 5.91 Å². The van der Waals surface area contributed by atoms with Crippen LogP contribution in [-0.2, 0) is 6.54 Å². The zero-order valence-corrected chi connectivity index (χ0v) is 10.8. The van der Waals surface area contributed by atoms with Crippen molar-refractivity contribution in [2.24, 2.45) is 0 Å². The molecule has 1 amide bonds. The number of nitrogens with zero attached hydrogens (tertiary/aromatic N) is 1. The number of pyridine rings is 1. The summed E-state index contributed by atoms with van der Waals surface area (Å²) in [5.74, 6) is -2.23. The van der Waals surface area contributed by atoms with Crippen molar-refractivity contribution in [1.82, 2.24) is 10.3 Å². The lowest BCUT2D eigenvalue weighted by Crippen LogP contribution is -2.24. The SMILES string of the molecule is CNc1ccnc(C(=O)NCc2ccc(F)c(F)c2)c1. The van der Waals surface area contributed by atoms with Crippen molar-refractivity contribution >= 4 is 11.6 Å². The lowest BCUT2D eigenvalue weighted by molar-refractivity contribution is 0.0946. The molecular weight excluding hydrogens is 264 g/mol. The molecule has 2 rings (SSSR count). The molecule has 0 aliphatic heterocycles. The van der Waals surface area contributed by atoms with E-state index in [9.17, 15) is 13.6 Å². The summed E-state index contributed by atoms with van der Waals surface area (Å²) < 4.78 is 25.8. The Morgan fingerprint density at radius 2 is 2.00 bits per heavy atom. The summed E-state index contributed by atoms with van der Waals surface area (Å²) in [6, 6.07) is 6.81. The smallest absolute Gasteiger partial charge is 0.270 e. The van der Waals surface area contributed by atoms with Crippen LogP contribution in [0.15, 0.2) is 36.5 Å². The quantitative estimate of drug-likeness (QED) is 0.902. The van der Waals surface area contributed by atoms with E-state index in [1.54, 1.807) is 19.2 Å². The monoisotopic (exact) mass is 277 g/mol. The van der Waals surface area contributed by atoms with Crippen LogP contribution < -0.4 is 10.6 Å². The van der Waals surface area contributed by atoms with E-state index < -0.39 is 11.6 Å². The van der Waals surface area contributed by atoms with Gasteiger partial charge < -0.3 is 10.6 Å². The molecule has 1 heterocycles. The fraction of sp³-hybridized carbons (Fsp3) is 0.143. The van der Waals surface area contributed by atoms with Gasteiger partial charge in [0.2, 0.25) is 0 Å². The predicted molar refractivity (Wildman–Crippen MR) is 71.3 cm³/mol. The molecule has 0 aliphatic rings. The van der Waals surface area contributed by atoms with Gasteiger partial charge in [-0.2, -0.15) is 0 Å². The topological polar surface area (TPSA) is 54.0 Å². The molecule has 0 bridgehead atoms. The summed E-state index contributed by atoms with van der Waals surface area (Å²) >= 11 is 0. The molecule has 0 saturated heterocycles. The van der Waals surface area contributed by atoms with Crippen molar-refractivity contribution in [3.8, 4) is 0 Å². The van der Waals surface area contributed by atoms with Gasteiger partial charge in [-0.05, 0) is 29.8 Å². The van der Waals surface area contributed by atoms with Gasteiger partial charge in [-0.1, -0.05) is 6.07 Å². The molecular formula is C14H13F2N3O. The standard InChI is InChI=1S/C14H13F2N3O/c1-17-10-4-5-18-13(7-10)14(20)19-8-9-2-3-11(15)12(16)6-9/h2-7H,8H2,1H3,(H,17,18)(H,19,20). The van der Waals surface area contributed by atoms with Crippen LogP contribution in [0.3, 0.4) is 0 Å². The second-order valence-electron chi connectivity index (χ2n) is 4.11. The first kappa shape index (κ1) is 13.9. The fourth-order valence-electron chi connectivity index (χ4n) is 1.63. The van der Waals surface area contributed by atoms with Gasteiger partial charge in [0.15, 0.2) is 11.6 Å². The Bertz CT molecular complexity index is 632. The van der Waals surface area contributed by atoms with Crippen LogP contribution in [0.1, 0.15) is 16.1 Å². The molecule has 0 radical (unpaired) electrons. The molecule has 1 aromatic heterocycles. The van der Waals surface area contributed by atoms with E-state index in [0.717, 1.165) is 17.8 Å². The van der Waals surface area contributed by atoms with Gasteiger partial charge in [-0.3, -0.25) is 9.78 Å². The van der Waals surface area contributed by atoms with Crippen LogP contribution in [0.25, 0.3) is 0 Å². The lowest BCUT2D eigenvalue weighted by Gasteiger charge is -2.06. The number of aromatic nitrogens is 1. The first-order chi connectivity index (χ1) is 9.60. The van der Waals surface area contributed by atoms with Crippen LogP contribution >= 0.6 is 0 Å². The normalized spacial score (nSPS) is 10.2. The molecule has 0 spiro atoms. The maximum absolute atomic E-state index is 13.0. The summed E-state index contributed by atoms with van der Waals surface area (Å²) in [5, 5.41) is 5.49. The molecule has 0 aliphatic carbocycles. The van der Waals surface area contributed by atoms with Gasteiger partial charge in [0, 0.05) is 25.5 Å². The summed E-state index contributed by atoms with van der Waals surface area (Å²) in [7, 11) is 1.73. The molecule has 0 fully saturated rings. The predicted octanol–water partition coefficient (Wildman–Crippen LogP) is 2.33. The van der Waals surface area contributed by atoms with Crippen molar-refractivity contribution in [2.45, 2.75) is 6.54 Å². The highest BCUT2D eigenvalue weighted by atomic mass is 19.2. The van der Waals surface area contributed by atoms with Gasteiger partial charge in [-0.15, -0.1) is 0 Å².